The molecule has 0 aliphatic heterocycles. The second-order valence-electron chi connectivity index (χ2n) is 4.37. The number of carbonyl (C=O) groups is 1. The number of hydrogen-bond acceptors (Lipinski definition) is 5. The van der Waals surface area contributed by atoms with Crippen molar-refractivity contribution in [3.8, 4) is 11.5 Å². The van der Waals surface area contributed by atoms with Crippen molar-refractivity contribution in [2.45, 2.75) is 6.61 Å². The average molecular weight is 284 g/mol. The number of furan rings is 1. The Balaban J connectivity index is 1.76. The summed E-state index contributed by atoms with van der Waals surface area (Å²) in [5, 5.41) is 15.5. The summed E-state index contributed by atoms with van der Waals surface area (Å²) in [4.78, 5) is 12.1. The van der Waals surface area contributed by atoms with Gasteiger partial charge in [-0.25, -0.2) is 0 Å². The molecule has 0 aliphatic carbocycles. The number of benzene rings is 1. The molecule has 6 nitrogen and oxygen atoms in total. The van der Waals surface area contributed by atoms with Crippen molar-refractivity contribution in [1.82, 2.24) is 5.16 Å². The minimum Gasteiger partial charge on any atom is -0.461 e. The fourth-order valence-electron chi connectivity index (χ4n) is 1.86. The molecule has 21 heavy (non-hydrogen) atoms. The summed E-state index contributed by atoms with van der Waals surface area (Å²) in [6, 6.07) is 11.9. The molecule has 3 aromatic rings. The largest absolute Gasteiger partial charge is 0.461 e. The van der Waals surface area contributed by atoms with Crippen molar-refractivity contribution in [2.75, 3.05) is 5.32 Å². The number of hydrogen-bond donors (Lipinski definition) is 2. The van der Waals surface area contributed by atoms with Crippen LogP contribution in [0.2, 0.25) is 0 Å². The van der Waals surface area contributed by atoms with Gasteiger partial charge < -0.3 is 19.4 Å². The van der Waals surface area contributed by atoms with Crippen molar-refractivity contribution in [2.24, 2.45) is 0 Å². The Kier molecular flexibility index (Phi) is 3.53. The molecule has 0 atom stereocenters. The minimum atomic E-state index is -0.397. The zero-order chi connectivity index (χ0) is 14.7. The van der Waals surface area contributed by atoms with Gasteiger partial charge in [0.05, 0.1) is 12.9 Å². The third-order valence-corrected chi connectivity index (χ3v) is 2.87. The van der Waals surface area contributed by atoms with E-state index in [1.807, 2.05) is 0 Å². The number of nitrogens with zero attached hydrogens (tertiary/aromatic N) is 1. The number of aliphatic hydroxyl groups excluding tert-OH is 1. The summed E-state index contributed by atoms with van der Waals surface area (Å²) in [6.45, 7) is -0.0870. The van der Waals surface area contributed by atoms with Crippen LogP contribution in [0.5, 0.6) is 0 Å². The molecular weight excluding hydrogens is 272 g/mol. The van der Waals surface area contributed by atoms with E-state index in [2.05, 4.69) is 10.5 Å². The Bertz CT molecular complexity index is 747. The maximum atomic E-state index is 12.1. The van der Waals surface area contributed by atoms with Crippen molar-refractivity contribution in [3.63, 3.8) is 0 Å². The third-order valence-electron chi connectivity index (χ3n) is 2.87. The second kappa shape index (κ2) is 5.64. The van der Waals surface area contributed by atoms with Crippen LogP contribution in [0.25, 0.3) is 11.5 Å². The van der Waals surface area contributed by atoms with Gasteiger partial charge >= 0.3 is 0 Å². The van der Waals surface area contributed by atoms with Crippen LogP contribution in [0.1, 0.15) is 16.1 Å². The topological polar surface area (TPSA) is 88.5 Å². The van der Waals surface area contributed by atoms with Crippen molar-refractivity contribution >= 4 is 11.6 Å². The summed E-state index contributed by atoms with van der Waals surface area (Å²) in [5.41, 5.74) is 1.44. The lowest BCUT2D eigenvalue weighted by Crippen LogP contribution is -2.12. The zero-order valence-electron chi connectivity index (χ0n) is 10.9. The molecule has 0 spiro atoms. The van der Waals surface area contributed by atoms with Gasteiger partial charge in [0.25, 0.3) is 5.91 Å². The zero-order valence-corrected chi connectivity index (χ0v) is 10.9. The van der Waals surface area contributed by atoms with E-state index < -0.39 is 5.91 Å². The Labute approximate surface area is 120 Å². The Morgan fingerprint density at radius 2 is 2.10 bits per heavy atom. The van der Waals surface area contributed by atoms with Crippen molar-refractivity contribution in [1.29, 1.82) is 0 Å². The van der Waals surface area contributed by atoms with Gasteiger partial charge in [0.15, 0.2) is 11.5 Å². The standard InChI is InChI=1S/C15H12N2O4/c18-9-10-3-1-4-11(7-10)16-15(19)12-8-14(21-17-12)13-5-2-6-20-13/h1-8,18H,9H2,(H,16,19). The molecule has 3 rings (SSSR count). The number of aromatic nitrogens is 1. The first-order valence-electron chi connectivity index (χ1n) is 6.28. The molecule has 2 aromatic heterocycles. The summed E-state index contributed by atoms with van der Waals surface area (Å²) in [6.07, 6.45) is 1.51. The molecule has 0 radical (unpaired) electrons. The molecule has 0 fully saturated rings. The van der Waals surface area contributed by atoms with Crippen LogP contribution < -0.4 is 5.32 Å². The predicted molar refractivity (Wildman–Crippen MR) is 74.5 cm³/mol. The van der Waals surface area contributed by atoms with Crippen LogP contribution in [-0.2, 0) is 6.61 Å². The van der Waals surface area contributed by atoms with Gasteiger partial charge in [-0.3, -0.25) is 4.79 Å². The molecule has 0 unspecified atom stereocenters. The van der Waals surface area contributed by atoms with Crippen LogP contribution in [0.15, 0.2) is 57.7 Å². The van der Waals surface area contributed by atoms with E-state index in [0.717, 1.165) is 0 Å². The molecule has 106 valence electrons. The van der Waals surface area contributed by atoms with E-state index in [-0.39, 0.29) is 12.3 Å². The highest BCUT2D eigenvalue weighted by Crippen LogP contribution is 2.21. The highest BCUT2D eigenvalue weighted by Gasteiger charge is 2.15. The molecule has 0 saturated heterocycles. The summed E-state index contributed by atoms with van der Waals surface area (Å²) in [5.74, 6) is 0.490. The van der Waals surface area contributed by atoms with Crippen molar-refractivity contribution in [3.05, 3.63) is 60.0 Å². The first-order valence-corrected chi connectivity index (χ1v) is 6.28. The van der Waals surface area contributed by atoms with E-state index in [0.29, 0.717) is 22.8 Å². The number of amides is 1. The molecule has 2 heterocycles. The maximum Gasteiger partial charge on any atom is 0.277 e. The SMILES string of the molecule is O=C(Nc1cccc(CO)c1)c1cc(-c2ccco2)on1. The quantitative estimate of drug-likeness (QED) is 0.769. The maximum absolute atomic E-state index is 12.1. The molecule has 0 bridgehead atoms. The number of nitrogens with one attached hydrogen (secondary N) is 1. The normalized spacial score (nSPS) is 10.5. The van der Waals surface area contributed by atoms with Crippen LogP contribution in [0.3, 0.4) is 0 Å². The fraction of sp³-hybridized carbons (Fsp3) is 0.0667. The van der Waals surface area contributed by atoms with Gasteiger partial charge in [0.1, 0.15) is 0 Å². The smallest absolute Gasteiger partial charge is 0.277 e. The van der Waals surface area contributed by atoms with Crippen molar-refractivity contribution < 1.29 is 18.8 Å². The lowest BCUT2D eigenvalue weighted by molar-refractivity contribution is 0.101. The van der Waals surface area contributed by atoms with Gasteiger partial charge in [-0.2, -0.15) is 0 Å². The van der Waals surface area contributed by atoms with Gasteiger partial charge in [-0.05, 0) is 29.8 Å². The van der Waals surface area contributed by atoms with Crippen LogP contribution in [-0.4, -0.2) is 16.2 Å². The van der Waals surface area contributed by atoms with Crippen LogP contribution in [0, 0.1) is 0 Å². The first-order chi connectivity index (χ1) is 10.3. The monoisotopic (exact) mass is 284 g/mol. The molecule has 1 amide bonds. The molecule has 0 saturated carbocycles. The number of carbonyl (C=O) groups excluding carboxylic acids is 1. The van der Waals surface area contributed by atoms with Gasteiger partial charge in [-0.1, -0.05) is 17.3 Å². The van der Waals surface area contributed by atoms with Gasteiger partial charge in [0.2, 0.25) is 5.76 Å². The van der Waals surface area contributed by atoms with E-state index >= 15 is 0 Å². The van der Waals surface area contributed by atoms with E-state index in [1.54, 1.807) is 36.4 Å². The fourth-order valence-corrected chi connectivity index (χ4v) is 1.86. The molecule has 1 aromatic carbocycles. The van der Waals surface area contributed by atoms with E-state index in [4.69, 9.17) is 14.0 Å². The third kappa shape index (κ3) is 2.85. The Hall–Kier alpha value is -2.86. The van der Waals surface area contributed by atoms with E-state index in [1.165, 1.54) is 12.3 Å². The summed E-state index contributed by atoms with van der Waals surface area (Å²) in [7, 11) is 0. The molecule has 6 heteroatoms. The Morgan fingerprint density at radius 1 is 1.19 bits per heavy atom. The highest BCUT2D eigenvalue weighted by molar-refractivity contribution is 6.03. The van der Waals surface area contributed by atoms with Crippen LogP contribution >= 0.6 is 0 Å². The number of rotatable bonds is 4. The van der Waals surface area contributed by atoms with Crippen LogP contribution in [0.4, 0.5) is 5.69 Å². The van der Waals surface area contributed by atoms with E-state index in [9.17, 15) is 4.79 Å². The Morgan fingerprint density at radius 3 is 2.86 bits per heavy atom. The summed E-state index contributed by atoms with van der Waals surface area (Å²) < 4.78 is 10.2. The minimum absolute atomic E-state index is 0.0870. The van der Waals surface area contributed by atoms with Gasteiger partial charge in [0, 0.05) is 11.8 Å². The number of aliphatic hydroxyl groups is 1. The lowest BCUT2D eigenvalue weighted by atomic mass is 10.2. The molecule has 2 N–H and O–H groups in total. The lowest BCUT2D eigenvalue weighted by Gasteiger charge is -2.04. The second-order valence-corrected chi connectivity index (χ2v) is 4.37. The molecular formula is C15H12N2O4. The molecule has 0 aliphatic rings. The predicted octanol–water partition coefficient (Wildman–Crippen LogP) is 2.68. The summed E-state index contributed by atoms with van der Waals surface area (Å²) >= 11 is 0. The first kappa shape index (κ1) is 13.1. The van der Waals surface area contributed by atoms with Gasteiger partial charge in [-0.15, -0.1) is 0 Å². The average Bonchev–Trinajstić information content (AvgIpc) is 3.18. The highest BCUT2D eigenvalue weighted by atomic mass is 16.5. The number of anilines is 1.